The van der Waals surface area contributed by atoms with Crippen molar-refractivity contribution in [3.63, 3.8) is 0 Å². The van der Waals surface area contributed by atoms with Gasteiger partial charge in [-0.25, -0.2) is 0 Å². The third kappa shape index (κ3) is 4.14. The number of aliphatic hydroxyl groups is 1. The molecule has 1 fully saturated rings. The van der Waals surface area contributed by atoms with Gasteiger partial charge in [0.15, 0.2) is 0 Å². The van der Waals surface area contributed by atoms with Crippen molar-refractivity contribution in [1.29, 1.82) is 0 Å². The summed E-state index contributed by atoms with van der Waals surface area (Å²) in [5.41, 5.74) is 1.00. The molecule has 0 saturated heterocycles. The molecule has 0 radical (unpaired) electrons. The van der Waals surface area contributed by atoms with Crippen LogP contribution in [0.4, 0.5) is 0 Å². The molecule has 2 rings (SSSR count). The molecular formula is C15H23NO. The second-order valence-electron chi connectivity index (χ2n) is 5.09. The summed E-state index contributed by atoms with van der Waals surface area (Å²) >= 11 is 0. The standard InChI is InChI=1S/C15H23NO/c17-15(14-9-5-2-6-10-14)12-16-11-13-7-3-1-4-8-13/h2,5-6,9-10,13,15-17H,1,3-4,7-8,11-12H2. The summed E-state index contributed by atoms with van der Waals surface area (Å²) in [5, 5.41) is 13.4. The lowest BCUT2D eigenvalue weighted by Crippen LogP contribution is -2.28. The van der Waals surface area contributed by atoms with Crippen LogP contribution in [0.5, 0.6) is 0 Å². The van der Waals surface area contributed by atoms with Crippen molar-refractivity contribution in [3.8, 4) is 0 Å². The van der Waals surface area contributed by atoms with E-state index >= 15 is 0 Å². The highest BCUT2D eigenvalue weighted by Crippen LogP contribution is 2.22. The Hall–Kier alpha value is -0.860. The lowest BCUT2D eigenvalue weighted by Gasteiger charge is -2.22. The minimum atomic E-state index is -0.375. The van der Waals surface area contributed by atoms with E-state index in [9.17, 15) is 5.11 Å². The number of nitrogens with one attached hydrogen (secondary N) is 1. The maximum absolute atomic E-state index is 9.99. The molecule has 0 aromatic heterocycles. The topological polar surface area (TPSA) is 32.3 Å². The highest BCUT2D eigenvalue weighted by Gasteiger charge is 2.13. The van der Waals surface area contributed by atoms with Crippen LogP contribution >= 0.6 is 0 Å². The summed E-state index contributed by atoms with van der Waals surface area (Å²) < 4.78 is 0. The van der Waals surface area contributed by atoms with Gasteiger partial charge in [-0.3, -0.25) is 0 Å². The van der Waals surface area contributed by atoms with Gasteiger partial charge in [-0.1, -0.05) is 49.6 Å². The van der Waals surface area contributed by atoms with Crippen LogP contribution in [0, 0.1) is 5.92 Å². The van der Waals surface area contributed by atoms with E-state index in [-0.39, 0.29) is 6.10 Å². The summed E-state index contributed by atoms with van der Waals surface area (Å²) in [5.74, 6) is 0.826. The Balaban J connectivity index is 1.67. The summed E-state index contributed by atoms with van der Waals surface area (Å²) in [6.07, 6.45) is 6.51. The van der Waals surface area contributed by atoms with E-state index in [1.807, 2.05) is 30.3 Å². The summed E-state index contributed by atoms with van der Waals surface area (Å²) in [4.78, 5) is 0. The number of hydrogen-bond donors (Lipinski definition) is 2. The fraction of sp³-hybridized carbons (Fsp3) is 0.600. The van der Waals surface area contributed by atoms with Crippen LogP contribution in [-0.2, 0) is 0 Å². The van der Waals surface area contributed by atoms with Crippen LogP contribution in [-0.4, -0.2) is 18.2 Å². The molecule has 1 aliphatic rings. The fourth-order valence-corrected chi connectivity index (χ4v) is 2.61. The van der Waals surface area contributed by atoms with Gasteiger partial charge in [0.05, 0.1) is 6.10 Å². The molecule has 1 aliphatic carbocycles. The maximum Gasteiger partial charge on any atom is 0.0914 e. The van der Waals surface area contributed by atoms with Gasteiger partial charge < -0.3 is 10.4 Å². The number of hydrogen-bond acceptors (Lipinski definition) is 2. The molecule has 2 N–H and O–H groups in total. The van der Waals surface area contributed by atoms with Crippen LogP contribution in [0.3, 0.4) is 0 Å². The van der Waals surface area contributed by atoms with E-state index in [4.69, 9.17) is 0 Å². The first-order chi connectivity index (χ1) is 8.36. The largest absolute Gasteiger partial charge is 0.387 e. The molecule has 1 aromatic rings. The quantitative estimate of drug-likeness (QED) is 0.819. The third-order valence-electron chi connectivity index (χ3n) is 3.68. The Bertz CT molecular complexity index is 306. The highest BCUT2D eigenvalue weighted by atomic mass is 16.3. The molecule has 1 unspecified atom stereocenters. The molecule has 0 aliphatic heterocycles. The molecule has 0 amide bonds. The molecule has 0 spiro atoms. The van der Waals surface area contributed by atoms with Crippen LogP contribution in [0.2, 0.25) is 0 Å². The van der Waals surface area contributed by atoms with Crippen molar-refractivity contribution in [1.82, 2.24) is 5.32 Å². The number of benzene rings is 1. The zero-order chi connectivity index (χ0) is 11.9. The zero-order valence-electron chi connectivity index (χ0n) is 10.4. The van der Waals surface area contributed by atoms with E-state index in [0.29, 0.717) is 6.54 Å². The van der Waals surface area contributed by atoms with Crippen LogP contribution in [0.1, 0.15) is 43.8 Å². The van der Waals surface area contributed by atoms with Crippen LogP contribution in [0.15, 0.2) is 30.3 Å². The first-order valence-corrected chi connectivity index (χ1v) is 6.80. The predicted octanol–water partition coefficient (Wildman–Crippen LogP) is 2.89. The van der Waals surface area contributed by atoms with Gasteiger partial charge in [0.2, 0.25) is 0 Å². The minimum Gasteiger partial charge on any atom is -0.387 e. The van der Waals surface area contributed by atoms with Gasteiger partial charge in [0.25, 0.3) is 0 Å². The molecule has 1 atom stereocenters. The van der Waals surface area contributed by atoms with Crippen molar-refractivity contribution < 1.29 is 5.11 Å². The first kappa shape index (κ1) is 12.6. The Morgan fingerprint density at radius 3 is 2.53 bits per heavy atom. The average molecular weight is 233 g/mol. The molecule has 1 saturated carbocycles. The Morgan fingerprint density at radius 2 is 1.82 bits per heavy atom. The SMILES string of the molecule is OC(CNCC1CCCCC1)c1ccccc1. The normalized spacial score (nSPS) is 19.1. The van der Waals surface area contributed by atoms with Gasteiger partial charge in [-0.2, -0.15) is 0 Å². The maximum atomic E-state index is 9.99. The van der Waals surface area contributed by atoms with E-state index in [2.05, 4.69) is 5.32 Å². The summed E-state index contributed by atoms with van der Waals surface area (Å²) in [6, 6.07) is 9.88. The molecular weight excluding hydrogens is 210 g/mol. The molecule has 17 heavy (non-hydrogen) atoms. The van der Waals surface area contributed by atoms with E-state index in [0.717, 1.165) is 18.0 Å². The zero-order valence-corrected chi connectivity index (χ0v) is 10.4. The lowest BCUT2D eigenvalue weighted by atomic mass is 9.89. The van der Waals surface area contributed by atoms with Gasteiger partial charge >= 0.3 is 0 Å². The van der Waals surface area contributed by atoms with Gasteiger partial charge in [0.1, 0.15) is 0 Å². The Morgan fingerprint density at radius 1 is 1.12 bits per heavy atom. The van der Waals surface area contributed by atoms with Crippen molar-refractivity contribution >= 4 is 0 Å². The summed E-state index contributed by atoms with van der Waals surface area (Å²) in [6.45, 7) is 1.73. The molecule has 0 heterocycles. The van der Waals surface area contributed by atoms with Crippen molar-refractivity contribution in [2.75, 3.05) is 13.1 Å². The van der Waals surface area contributed by atoms with Crippen LogP contribution in [0.25, 0.3) is 0 Å². The Labute approximate surface area is 104 Å². The first-order valence-electron chi connectivity index (χ1n) is 6.80. The fourth-order valence-electron chi connectivity index (χ4n) is 2.61. The Kier molecular flexibility index (Phi) is 5.02. The molecule has 2 nitrogen and oxygen atoms in total. The highest BCUT2D eigenvalue weighted by molar-refractivity contribution is 5.17. The van der Waals surface area contributed by atoms with Gasteiger partial charge in [-0.05, 0) is 30.9 Å². The molecule has 0 bridgehead atoms. The van der Waals surface area contributed by atoms with Crippen LogP contribution < -0.4 is 5.32 Å². The second kappa shape index (κ2) is 6.77. The number of rotatable bonds is 5. The smallest absolute Gasteiger partial charge is 0.0914 e. The monoisotopic (exact) mass is 233 g/mol. The molecule has 2 heteroatoms. The van der Waals surface area contributed by atoms with Gasteiger partial charge in [0, 0.05) is 6.54 Å². The van der Waals surface area contributed by atoms with E-state index in [1.165, 1.54) is 32.1 Å². The van der Waals surface area contributed by atoms with E-state index < -0.39 is 0 Å². The summed E-state index contributed by atoms with van der Waals surface area (Å²) in [7, 11) is 0. The van der Waals surface area contributed by atoms with Crippen molar-refractivity contribution in [2.45, 2.75) is 38.2 Å². The van der Waals surface area contributed by atoms with Crippen molar-refractivity contribution in [2.24, 2.45) is 5.92 Å². The third-order valence-corrected chi connectivity index (χ3v) is 3.68. The minimum absolute atomic E-state index is 0.375. The molecule has 1 aromatic carbocycles. The van der Waals surface area contributed by atoms with Gasteiger partial charge in [-0.15, -0.1) is 0 Å². The average Bonchev–Trinajstić information content (AvgIpc) is 2.41. The predicted molar refractivity (Wildman–Crippen MR) is 70.8 cm³/mol. The van der Waals surface area contributed by atoms with E-state index in [1.54, 1.807) is 0 Å². The second-order valence-corrected chi connectivity index (χ2v) is 5.09. The van der Waals surface area contributed by atoms with Crippen molar-refractivity contribution in [3.05, 3.63) is 35.9 Å². The molecule has 94 valence electrons. The number of aliphatic hydroxyl groups excluding tert-OH is 1. The lowest BCUT2D eigenvalue weighted by molar-refractivity contribution is 0.171.